The third kappa shape index (κ3) is 24.0. The van der Waals surface area contributed by atoms with Gasteiger partial charge in [0.15, 0.2) is 0 Å². The first-order chi connectivity index (χ1) is 17.0. The monoisotopic (exact) mass is 499 g/mol. The van der Waals surface area contributed by atoms with E-state index in [0.29, 0.717) is 45.7 Å². The number of aliphatic carboxylic acids is 1. The van der Waals surface area contributed by atoms with Crippen molar-refractivity contribution in [2.75, 3.05) is 26.4 Å². The van der Waals surface area contributed by atoms with Crippen molar-refractivity contribution in [3.8, 4) is 0 Å². The van der Waals surface area contributed by atoms with E-state index in [-0.39, 0.29) is 24.5 Å². The van der Waals surface area contributed by atoms with E-state index in [2.05, 4.69) is 12.2 Å². The van der Waals surface area contributed by atoms with Gasteiger partial charge in [0.1, 0.15) is 11.8 Å². The summed E-state index contributed by atoms with van der Waals surface area (Å²) >= 11 is 0. The van der Waals surface area contributed by atoms with Crippen molar-refractivity contribution in [2.45, 2.75) is 135 Å². The number of ketones is 1. The molecular formula is C28H53NO6. The third-order valence-corrected chi connectivity index (χ3v) is 6.17. The molecule has 1 atom stereocenters. The average Bonchev–Trinajstić information content (AvgIpc) is 2.83. The summed E-state index contributed by atoms with van der Waals surface area (Å²) in [6, 6.07) is -1.00. The number of hydrogen-bond acceptors (Lipinski definition) is 5. The van der Waals surface area contributed by atoms with E-state index in [1.54, 1.807) is 0 Å². The molecule has 0 heterocycles. The van der Waals surface area contributed by atoms with Crippen LogP contribution in [-0.2, 0) is 23.9 Å². The van der Waals surface area contributed by atoms with E-state index in [1.165, 1.54) is 64.2 Å². The first-order valence-corrected chi connectivity index (χ1v) is 14.2. The van der Waals surface area contributed by atoms with Gasteiger partial charge in [-0.25, -0.2) is 4.79 Å². The lowest BCUT2D eigenvalue weighted by Gasteiger charge is -2.14. The quantitative estimate of drug-likeness (QED) is 0.130. The summed E-state index contributed by atoms with van der Waals surface area (Å²) < 4.78 is 10.5. The number of unbranched alkanes of at least 4 members (excludes halogenated alkanes) is 12. The minimum atomic E-state index is -1.09. The first-order valence-electron chi connectivity index (χ1n) is 14.2. The molecule has 7 heteroatoms. The van der Waals surface area contributed by atoms with Crippen LogP contribution in [-0.4, -0.2) is 55.2 Å². The lowest BCUT2D eigenvalue weighted by Crippen LogP contribution is -2.41. The highest BCUT2D eigenvalue weighted by Gasteiger charge is 2.20. The number of amides is 1. The number of Topliss-reactive ketones (excluding diaryl/α,β-unsaturated/α-hetero) is 1. The number of carbonyl (C=O) groups is 3. The third-order valence-electron chi connectivity index (χ3n) is 6.17. The predicted octanol–water partition coefficient (Wildman–Crippen LogP) is 6.22. The largest absolute Gasteiger partial charge is 0.480 e. The van der Waals surface area contributed by atoms with Gasteiger partial charge < -0.3 is 19.9 Å². The van der Waals surface area contributed by atoms with Crippen molar-refractivity contribution in [3.63, 3.8) is 0 Å². The summed E-state index contributed by atoms with van der Waals surface area (Å²) in [7, 11) is 0. The molecule has 0 radical (unpaired) electrons. The maximum absolute atomic E-state index is 12.1. The Morgan fingerprint density at radius 1 is 0.657 bits per heavy atom. The van der Waals surface area contributed by atoms with Gasteiger partial charge in [-0.1, -0.05) is 84.0 Å². The van der Waals surface area contributed by atoms with Crippen LogP contribution >= 0.6 is 0 Å². The lowest BCUT2D eigenvalue weighted by molar-refractivity contribution is -0.142. The van der Waals surface area contributed by atoms with E-state index >= 15 is 0 Å². The fourth-order valence-electron chi connectivity index (χ4n) is 3.99. The molecule has 0 aromatic heterocycles. The van der Waals surface area contributed by atoms with Gasteiger partial charge in [0.05, 0.1) is 13.2 Å². The SMILES string of the molecule is CCCCCCCCCCCCCCCC(=O)NC(CCC(=O)CCCOCCOCC)C(=O)O. The fourth-order valence-corrected chi connectivity index (χ4v) is 3.99. The molecule has 2 N–H and O–H groups in total. The van der Waals surface area contributed by atoms with Crippen LogP contribution in [0.4, 0.5) is 0 Å². The van der Waals surface area contributed by atoms with Crippen LogP contribution in [0, 0.1) is 0 Å². The molecule has 0 aromatic carbocycles. The van der Waals surface area contributed by atoms with Gasteiger partial charge in [0, 0.05) is 32.5 Å². The minimum absolute atomic E-state index is 0.00426. The Labute approximate surface area is 214 Å². The van der Waals surface area contributed by atoms with Crippen LogP contribution in [0.15, 0.2) is 0 Å². The second-order valence-electron chi connectivity index (χ2n) is 9.44. The first kappa shape index (κ1) is 33.5. The van der Waals surface area contributed by atoms with Crippen LogP contribution in [0.3, 0.4) is 0 Å². The Balaban J connectivity index is 3.71. The molecule has 0 aliphatic carbocycles. The highest BCUT2D eigenvalue weighted by Crippen LogP contribution is 2.13. The van der Waals surface area contributed by atoms with E-state index in [1.807, 2.05) is 6.92 Å². The molecular weight excluding hydrogens is 446 g/mol. The van der Waals surface area contributed by atoms with Crippen LogP contribution < -0.4 is 5.32 Å². The van der Waals surface area contributed by atoms with Crippen molar-refractivity contribution in [2.24, 2.45) is 0 Å². The molecule has 0 aromatic rings. The smallest absolute Gasteiger partial charge is 0.326 e. The summed E-state index contributed by atoms with van der Waals surface area (Å²) in [6.07, 6.45) is 17.7. The molecule has 0 rings (SSSR count). The molecule has 7 nitrogen and oxygen atoms in total. The normalized spacial score (nSPS) is 11.9. The summed E-state index contributed by atoms with van der Waals surface area (Å²) in [4.78, 5) is 35.6. The number of carbonyl (C=O) groups excluding carboxylic acids is 2. The van der Waals surface area contributed by atoms with Crippen LogP contribution in [0.25, 0.3) is 0 Å². The minimum Gasteiger partial charge on any atom is -0.480 e. The fraction of sp³-hybridized carbons (Fsp3) is 0.893. The molecule has 0 fully saturated rings. The van der Waals surface area contributed by atoms with Crippen molar-refractivity contribution in [3.05, 3.63) is 0 Å². The standard InChI is InChI=1S/C28H53NO6/c1-3-5-6-7-8-9-10-11-12-13-14-15-16-19-27(31)29-26(28(32)33)21-20-25(30)18-17-22-35-24-23-34-4-2/h26H,3-24H2,1-2H3,(H,29,31)(H,32,33). The topological polar surface area (TPSA) is 102 Å². The maximum Gasteiger partial charge on any atom is 0.326 e. The molecule has 0 saturated carbocycles. The number of ether oxygens (including phenoxy) is 2. The Kier molecular flexibility index (Phi) is 24.5. The number of carboxylic acids is 1. The highest BCUT2D eigenvalue weighted by molar-refractivity contribution is 5.84. The molecule has 0 aliphatic rings. The van der Waals surface area contributed by atoms with Gasteiger partial charge >= 0.3 is 5.97 Å². The van der Waals surface area contributed by atoms with Crippen molar-refractivity contribution >= 4 is 17.7 Å². The zero-order chi connectivity index (χ0) is 26.0. The average molecular weight is 500 g/mol. The van der Waals surface area contributed by atoms with Crippen LogP contribution in [0.1, 0.15) is 129 Å². The zero-order valence-electron chi connectivity index (χ0n) is 22.6. The van der Waals surface area contributed by atoms with Gasteiger partial charge in [-0.2, -0.15) is 0 Å². The molecule has 35 heavy (non-hydrogen) atoms. The predicted molar refractivity (Wildman–Crippen MR) is 141 cm³/mol. The highest BCUT2D eigenvalue weighted by atomic mass is 16.5. The van der Waals surface area contributed by atoms with E-state index < -0.39 is 12.0 Å². The summed E-state index contributed by atoms with van der Waals surface area (Å²) in [5.41, 5.74) is 0. The van der Waals surface area contributed by atoms with E-state index in [0.717, 1.165) is 19.3 Å². The van der Waals surface area contributed by atoms with Gasteiger partial charge in [-0.05, 0) is 26.2 Å². The van der Waals surface area contributed by atoms with Gasteiger partial charge in [0.2, 0.25) is 5.91 Å². The molecule has 206 valence electrons. The molecule has 0 saturated heterocycles. The van der Waals surface area contributed by atoms with Crippen LogP contribution in [0.5, 0.6) is 0 Å². The second kappa shape index (κ2) is 25.6. The Hall–Kier alpha value is -1.47. The summed E-state index contributed by atoms with van der Waals surface area (Å²) in [6.45, 7) is 6.36. The Morgan fingerprint density at radius 2 is 1.20 bits per heavy atom. The Bertz CT molecular complexity index is 526. The van der Waals surface area contributed by atoms with Gasteiger partial charge in [-0.15, -0.1) is 0 Å². The summed E-state index contributed by atoms with van der Waals surface area (Å²) in [5.74, 6) is -1.33. The van der Waals surface area contributed by atoms with Crippen LogP contribution in [0.2, 0.25) is 0 Å². The molecule has 1 amide bonds. The number of carboxylic acid groups (broad SMARTS) is 1. The van der Waals surface area contributed by atoms with Gasteiger partial charge in [-0.3, -0.25) is 9.59 Å². The van der Waals surface area contributed by atoms with Gasteiger partial charge in [0.25, 0.3) is 0 Å². The molecule has 0 aliphatic heterocycles. The van der Waals surface area contributed by atoms with Crippen molar-refractivity contribution < 1.29 is 29.0 Å². The number of hydrogen-bond donors (Lipinski definition) is 2. The molecule has 1 unspecified atom stereocenters. The second-order valence-corrected chi connectivity index (χ2v) is 9.44. The number of nitrogens with one attached hydrogen (secondary N) is 1. The van der Waals surface area contributed by atoms with Crippen molar-refractivity contribution in [1.82, 2.24) is 5.32 Å². The molecule has 0 bridgehead atoms. The van der Waals surface area contributed by atoms with Crippen molar-refractivity contribution in [1.29, 1.82) is 0 Å². The lowest BCUT2D eigenvalue weighted by atomic mass is 10.0. The van der Waals surface area contributed by atoms with E-state index in [4.69, 9.17) is 9.47 Å². The molecule has 0 spiro atoms. The summed E-state index contributed by atoms with van der Waals surface area (Å²) in [5, 5.41) is 12.0. The van der Waals surface area contributed by atoms with E-state index in [9.17, 15) is 19.5 Å². The maximum atomic E-state index is 12.1. The zero-order valence-corrected chi connectivity index (χ0v) is 22.6. The Morgan fingerprint density at radius 3 is 1.74 bits per heavy atom. The number of rotatable bonds is 27.